The van der Waals surface area contributed by atoms with Crippen LogP contribution in [-0.4, -0.2) is 6.54 Å². The number of nitrogens with one attached hydrogen (secondary N) is 1. The van der Waals surface area contributed by atoms with Gasteiger partial charge in [0.1, 0.15) is 0 Å². The van der Waals surface area contributed by atoms with E-state index in [2.05, 4.69) is 5.32 Å². The fourth-order valence-corrected chi connectivity index (χ4v) is 1.75. The van der Waals surface area contributed by atoms with Gasteiger partial charge in [0.15, 0.2) is 0 Å². The van der Waals surface area contributed by atoms with Crippen molar-refractivity contribution in [1.82, 2.24) is 0 Å². The lowest BCUT2D eigenvalue weighted by Gasteiger charge is -2.04. The summed E-state index contributed by atoms with van der Waals surface area (Å²) in [5.74, 6) is 0. The van der Waals surface area contributed by atoms with Crippen molar-refractivity contribution in [3.63, 3.8) is 0 Å². The molecule has 0 bridgehead atoms. The molecule has 4 heteroatoms. The molecule has 0 aliphatic rings. The molecule has 0 saturated heterocycles. The summed E-state index contributed by atoms with van der Waals surface area (Å²) in [6.45, 7) is 0.692. The van der Waals surface area contributed by atoms with Crippen LogP contribution in [0.3, 0.4) is 0 Å². The number of rotatable bonds is 4. The molecule has 0 fully saturated rings. The third kappa shape index (κ3) is 3.67. The number of hydrogen-bond acceptors (Lipinski definition) is 4. The van der Waals surface area contributed by atoms with E-state index in [9.17, 15) is 0 Å². The normalized spacial score (nSPS) is 10.7. The van der Waals surface area contributed by atoms with Gasteiger partial charge in [0.25, 0.3) is 0 Å². The van der Waals surface area contributed by atoms with E-state index in [0.29, 0.717) is 12.2 Å². The first-order valence-corrected chi connectivity index (χ1v) is 6.06. The standard InChI is InChI=1S/C15H18N4/c16-12-4-1-5-14(10-12)19-8-2-3-11-9-13(17)6-7-15(11)18/h1-7,9-10,19H,8,16-18H2. The SMILES string of the molecule is Nc1cccc(NCC=Cc2cc(N)ccc2N)c1. The van der Waals surface area contributed by atoms with Crippen molar-refractivity contribution < 1.29 is 0 Å². The van der Waals surface area contributed by atoms with Crippen LogP contribution in [-0.2, 0) is 0 Å². The van der Waals surface area contributed by atoms with Gasteiger partial charge in [-0.1, -0.05) is 18.2 Å². The summed E-state index contributed by atoms with van der Waals surface area (Å²) < 4.78 is 0. The van der Waals surface area contributed by atoms with Gasteiger partial charge in [-0.2, -0.15) is 0 Å². The first-order chi connectivity index (χ1) is 9.15. The van der Waals surface area contributed by atoms with Crippen molar-refractivity contribution >= 4 is 28.8 Å². The summed E-state index contributed by atoms with van der Waals surface area (Å²) in [5, 5.41) is 3.25. The molecule has 2 aromatic carbocycles. The Morgan fingerprint density at radius 2 is 1.74 bits per heavy atom. The third-order valence-electron chi connectivity index (χ3n) is 2.72. The molecule has 0 aliphatic carbocycles. The van der Waals surface area contributed by atoms with Gasteiger partial charge < -0.3 is 22.5 Å². The highest BCUT2D eigenvalue weighted by atomic mass is 14.9. The minimum Gasteiger partial charge on any atom is -0.399 e. The lowest BCUT2D eigenvalue weighted by Crippen LogP contribution is -1.99. The van der Waals surface area contributed by atoms with Crippen LogP contribution >= 0.6 is 0 Å². The molecule has 19 heavy (non-hydrogen) atoms. The fourth-order valence-electron chi connectivity index (χ4n) is 1.75. The van der Waals surface area contributed by atoms with Crippen LogP contribution < -0.4 is 22.5 Å². The van der Waals surface area contributed by atoms with E-state index in [0.717, 1.165) is 22.6 Å². The van der Waals surface area contributed by atoms with Gasteiger partial charge in [0.05, 0.1) is 0 Å². The van der Waals surface area contributed by atoms with Gasteiger partial charge >= 0.3 is 0 Å². The monoisotopic (exact) mass is 254 g/mol. The lowest BCUT2D eigenvalue weighted by atomic mass is 10.1. The maximum Gasteiger partial charge on any atom is 0.0389 e. The molecule has 0 unspecified atom stereocenters. The topological polar surface area (TPSA) is 90.1 Å². The van der Waals surface area contributed by atoms with Gasteiger partial charge in [-0.05, 0) is 42.0 Å². The molecule has 0 atom stereocenters. The van der Waals surface area contributed by atoms with Crippen molar-refractivity contribution in [2.24, 2.45) is 0 Å². The van der Waals surface area contributed by atoms with Crippen LogP contribution in [0, 0.1) is 0 Å². The highest BCUT2D eigenvalue weighted by Gasteiger charge is 1.95. The predicted molar refractivity (Wildman–Crippen MR) is 83.6 cm³/mol. The molecular weight excluding hydrogens is 236 g/mol. The Bertz CT molecular complexity index is 590. The predicted octanol–water partition coefficient (Wildman–Crippen LogP) is 2.56. The Morgan fingerprint density at radius 1 is 0.947 bits per heavy atom. The van der Waals surface area contributed by atoms with E-state index in [-0.39, 0.29) is 0 Å². The molecule has 2 rings (SSSR count). The van der Waals surface area contributed by atoms with Crippen molar-refractivity contribution in [2.45, 2.75) is 0 Å². The summed E-state index contributed by atoms with van der Waals surface area (Å²) in [6, 6.07) is 13.1. The zero-order valence-electron chi connectivity index (χ0n) is 10.6. The highest BCUT2D eigenvalue weighted by Crippen LogP contribution is 2.17. The van der Waals surface area contributed by atoms with Crippen molar-refractivity contribution in [2.75, 3.05) is 29.1 Å². The maximum atomic E-state index is 5.86. The fraction of sp³-hybridized carbons (Fsp3) is 0.0667. The molecule has 0 aromatic heterocycles. The van der Waals surface area contributed by atoms with E-state index in [1.54, 1.807) is 12.1 Å². The van der Waals surface area contributed by atoms with Gasteiger partial charge in [-0.15, -0.1) is 0 Å². The van der Waals surface area contributed by atoms with Crippen LogP contribution in [0.25, 0.3) is 6.08 Å². The summed E-state index contributed by atoms with van der Waals surface area (Å²) in [7, 11) is 0. The van der Waals surface area contributed by atoms with Gasteiger partial charge in [0, 0.05) is 29.3 Å². The Kier molecular flexibility index (Phi) is 3.93. The molecule has 0 aliphatic heterocycles. The number of anilines is 4. The van der Waals surface area contributed by atoms with Gasteiger partial charge in [-0.25, -0.2) is 0 Å². The van der Waals surface area contributed by atoms with E-state index in [4.69, 9.17) is 17.2 Å². The van der Waals surface area contributed by atoms with E-state index < -0.39 is 0 Å². The van der Waals surface area contributed by atoms with Crippen molar-refractivity contribution in [1.29, 1.82) is 0 Å². The molecule has 0 heterocycles. The Hall–Kier alpha value is -2.62. The summed E-state index contributed by atoms with van der Waals surface area (Å²) in [5.41, 5.74) is 21.4. The van der Waals surface area contributed by atoms with E-state index in [1.165, 1.54) is 0 Å². The summed E-state index contributed by atoms with van der Waals surface area (Å²) in [4.78, 5) is 0. The molecular formula is C15H18N4. The number of nitrogens with two attached hydrogens (primary N) is 3. The minimum absolute atomic E-state index is 0.692. The second kappa shape index (κ2) is 5.82. The van der Waals surface area contributed by atoms with Crippen LogP contribution in [0.1, 0.15) is 5.56 Å². The molecule has 0 radical (unpaired) electrons. The minimum atomic E-state index is 0.692. The Morgan fingerprint density at radius 3 is 2.53 bits per heavy atom. The first-order valence-electron chi connectivity index (χ1n) is 6.06. The zero-order chi connectivity index (χ0) is 13.7. The molecule has 2 aromatic rings. The molecule has 7 N–H and O–H groups in total. The lowest BCUT2D eigenvalue weighted by molar-refractivity contribution is 1.34. The average Bonchev–Trinajstić information content (AvgIpc) is 2.39. The van der Waals surface area contributed by atoms with Crippen LogP contribution in [0.4, 0.5) is 22.7 Å². The molecule has 4 nitrogen and oxygen atoms in total. The smallest absolute Gasteiger partial charge is 0.0389 e. The zero-order valence-corrected chi connectivity index (χ0v) is 10.6. The molecule has 0 amide bonds. The third-order valence-corrected chi connectivity index (χ3v) is 2.72. The molecule has 0 spiro atoms. The quantitative estimate of drug-likeness (QED) is 0.631. The largest absolute Gasteiger partial charge is 0.399 e. The Labute approximate surface area is 112 Å². The Balaban J connectivity index is 1.95. The first kappa shape index (κ1) is 12.8. The second-order valence-electron chi connectivity index (χ2n) is 4.30. The van der Waals surface area contributed by atoms with Gasteiger partial charge in [-0.3, -0.25) is 0 Å². The van der Waals surface area contributed by atoms with Crippen LogP contribution in [0.15, 0.2) is 48.5 Å². The second-order valence-corrected chi connectivity index (χ2v) is 4.30. The number of hydrogen-bond donors (Lipinski definition) is 4. The van der Waals surface area contributed by atoms with Crippen molar-refractivity contribution in [3.05, 3.63) is 54.1 Å². The van der Waals surface area contributed by atoms with E-state index in [1.807, 2.05) is 42.5 Å². The molecule has 0 saturated carbocycles. The number of nitrogen functional groups attached to an aromatic ring is 3. The van der Waals surface area contributed by atoms with Crippen molar-refractivity contribution in [3.8, 4) is 0 Å². The van der Waals surface area contributed by atoms with Crippen LogP contribution in [0.5, 0.6) is 0 Å². The average molecular weight is 254 g/mol. The van der Waals surface area contributed by atoms with E-state index >= 15 is 0 Å². The van der Waals surface area contributed by atoms with Gasteiger partial charge in [0.2, 0.25) is 0 Å². The number of benzene rings is 2. The summed E-state index contributed by atoms with van der Waals surface area (Å²) in [6.07, 6.45) is 3.94. The summed E-state index contributed by atoms with van der Waals surface area (Å²) >= 11 is 0. The molecule has 98 valence electrons. The van der Waals surface area contributed by atoms with Crippen LogP contribution in [0.2, 0.25) is 0 Å². The highest BCUT2D eigenvalue weighted by molar-refractivity contribution is 5.68. The maximum absolute atomic E-state index is 5.86.